The van der Waals surface area contributed by atoms with Crippen molar-refractivity contribution < 1.29 is 18.0 Å². The number of aromatic nitrogens is 2. The van der Waals surface area contributed by atoms with Gasteiger partial charge in [0.1, 0.15) is 11.5 Å². The third-order valence-electron chi connectivity index (χ3n) is 4.78. The van der Waals surface area contributed by atoms with E-state index in [1.54, 1.807) is 11.0 Å². The van der Waals surface area contributed by atoms with Crippen LogP contribution in [0, 0.1) is 5.92 Å². The lowest BCUT2D eigenvalue weighted by atomic mass is 9.90. The van der Waals surface area contributed by atoms with Gasteiger partial charge in [-0.25, -0.2) is 0 Å². The van der Waals surface area contributed by atoms with E-state index in [2.05, 4.69) is 10.2 Å². The van der Waals surface area contributed by atoms with Gasteiger partial charge in [0.25, 0.3) is 5.91 Å². The summed E-state index contributed by atoms with van der Waals surface area (Å²) < 4.78 is 39.3. The van der Waals surface area contributed by atoms with Crippen molar-refractivity contribution in [2.45, 2.75) is 31.9 Å². The second-order valence-electron chi connectivity index (χ2n) is 6.66. The Labute approximate surface area is 149 Å². The second-order valence-corrected chi connectivity index (χ2v) is 6.66. The maximum Gasteiger partial charge on any atom is 0.416 e. The molecule has 1 amide bonds. The van der Waals surface area contributed by atoms with Crippen LogP contribution in [0.4, 0.5) is 19.0 Å². The first kappa shape index (κ1) is 18.3. The number of H-pyrrole nitrogens is 1. The second kappa shape index (κ2) is 7.39. The minimum Gasteiger partial charge on any atom is -0.382 e. The Morgan fingerprint density at radius 3 is 2.81 bits per heavy atom. The smallest absolute Gasteiger partial charge is 0.382 e. The number of nitrogens with two attached hydrogens (primary N) is 1. The highest BCUT2D eigenvalue weighted by molar-refractivity contribution is 5.93. The number of rotatable bonds is 4. The van der Waals surface area contributed by atoms with Gasteiger partial charge < -0.3 is 10.6 Å². The molecule has 1 aromatic carbocycles. The van der Waals surface area contributed by atoms with Crippen molar-refractivity contribution >= 4 is 11.7 Å². The van der Waals surface area contributed by atoms with Crippen LogP contribution in [-0.2, 0) is 12.6 Å². The fourth-order valence-corrected chi connectivity index (χ4v) is 3.48. The molecule has 0 saturated carbocycles. The minimum atomic E-state index is -4.34. The zero-order valence-corrected chi connectivity index (χ0v) is 14.2. The van der Waals surface area contributed by atoms with Gasteiger partial charge in [-0.1, -0.05) is 18.2 Å². The molecule has 1 aromatic heterocycles. The standard InChI is InChI=1S/C18H21F3N4O/c19-18(20,21)14-6-2-1-5-13(14)8-7-12-4-3-9-25(11-12)17(26)15-10-16(22)24-23-15/h1-2,5-6,10,12H,3-4,7-9,11H2,(H3,22,23,24)/t12-/m1/s1. The van der Waals surface area contributed by atoms with E-state index >= 15 is 0 Å². The van der Waals surface area contributed by atoms with E-state index in [9.17, 15) is 18.0 Å². The molecule has 1 fully saturated rings. The monoisotopic (exact) mass is 366 g/mol. The molecule has 5 nitrogen and oxygen atoms in total. The number of nitrogens with zero attached hydrogens (tertiary/aromatic N) is 2. The molecule has 1 aliphatic rings. The van der Waals surface area contributed by atoms with Crippen molar-refractivity contribution in [3.63, 3.8) is 0 Å². The number of hydrogen-bond donors (Lipinski definition) is 2. The number of likely N-dealkylation sites (tertiary alicyclic amines) is 1. The van der Waals surface area contributed by atoms with Crippen LogP contribution >= 0.6 is 0 Å². The number of halogens is 3. The maximum absolute atomic E-state index is 13.1. The first-order valence-electron chi connectivity index (χ1n) is 8.60. The van der Waals surface area contributed by atoms with Gasteiger partial charge in [-0.05, 0) is 43.2 Å². The predicted molar refractivity (Wildman–Crippen MR) is 91.4 cm³/mol. The Morgan fingerprint density at radius 2 is 2.12 bits per heavy atom. The molecule has 140 valence electrons. The molecule has 0 aliphatic carbocycles. The number of nitrogen functional groups attached to an aromatic ring is 1. The molecule has 1 aliphatic heterocycles. The number of carbonyl (C=O) groups excluding carboxylic acids is 1. The largest absolute Gasteiger partial charge is 0.416 e. The van der Waals surface area contributed by atoms with Crippen LogP contribution in [0.3, 0.4) is 0 Å². The van der Waals surface area contributed by atoms with Gasteiger partial charge in [0.2, 0.25) is 0 Å². The van der Waals surface area contributed by atoms with Gasteiger partial charge in [0, 0.05) is 19.2 Å². The van der Waals surface area contributed by atoms with Crippen molar-refractivity contribution in [1.29, 1.82) is 0 Å². The number of alkyl halides is 3. The number of aromatic amines is 1. The SMILES string of the molecule is Nc1cc(C(=O)N2CCC[C@H](CCc3ccccc3C(F)(F)F)C2)[nH]n1. The lowest BCUT2D eigenvalue weighted by Gasteiger charge is -2.32. The van der Waals surface area contributed by atoms with Crippen molar-refractivity contribution in [1.82, 2.24) is 15.1 Å². The summed E-state index contributed by atoms with van der Waals surface area (Å²) in [6.45, 7) is 1.17. The quantitative estimate of drug-likeness (QED) is 0.870. The van der Waals surface area contributed by atoms with Crippen molar-refractivity contribution in [2.24, 2.45) is 5.92 Å². The van der Waals surface area contributed by atoms with Gasteiger partial charge in [0.05, 0.1) is 5.56 Å². The van der Waals surface area contributed by atoms with E-state index in [0.717, 1.165) is 18.9 Å². The summed E-state index contributed by atoms with van der Waals surface area (Å²) in [7, 11) is 0. The van der Waals surface area contributed by atoms with Gasteiger partial charge in [-0.15, -0.1) is 0 Å². The number of nitrogens with one attached hydrogen (secondary N) is 1. The van der Waals surface area contributed by atoms with Gasteiger partial charge >= 0.3 is 6.18 Å². The maximum atomic E-state index is 13.1. The number of amides is 1. The Balaban J connectivity index is 1.62. The topological polar surface area (TPSA) is 75.0 Å². The Bertz CT molecular complexity index is 772. The fraction of sp³-hybridized carbons (Fsp3) is 0.444. The lowest BCUT2D eigenvalue weighted by Crippen LogP contribution is -2.40. The van der Waals surface area contributed by atoms with E-state index in [-0.39, 0.29) is 17.6 Å². The molecule has 0 radical (unpaired) electrons. The highest BCUT2D eigenvalue weighted by Crippen LogP contribution is 2.33. The zero-order chi connectivity index (χ0) is 18.7. The summed E-state index contributed by atoms with van der Waals surface area (Å²) in [5, 5.41) is 6.37. The van der Waals surface area contributed by atoms with Crippen LogP contribution in [-0.4, -0.2) is 34.1 Å². The Morgan fingerprint density at radius 1 is 1.35 bits per heavy atom. The molecule has 0 unspecified atom stereocenters. The average molecular weight is 366 g/mol. The Hall–Kier alpha value is -2.51. The minimum absolute atomic E-state index is 0.172. The van der Waals surface area contributed by atoms with Crippen LogP contribution in [0.1, 0.15) is 40.9 Å². The van der Waals surface area contributed by atoms with E-state index in [4.69, 9.17) is 5.73 Å². The van der Waals surface area contributed by atoms with E-state index in [1.807, 2.05) is 0 Å². The summed E-state index contributed by atoms with van der Waals surface area (Å²) in [6.07, 6.45) is -1.64. The molecule has 2 aromatic rings. The van der Waals surface area contributed by atoms with E-state index < -0.39 is 11.7 Å². The number of hydrogen-bond acceptors (Lipinski definition) is 3. The van der Waals surface area contributed by atoms with E-state index in [1.165, 1.54) is 18.2 Å². The molecule has 3 N–H and O–H groups in total. The number of carbonyl (C=O) groups is 1. The molecule has 1 saturated heterocycles. The van der Waals surface area contributed by atoms with Crippen molar-refractivity contribution in [2.75, 3.05) is 18.8 Å². The molecular formula is C18H21F3N4O. The predicted octanol–water partition coefficient (Wildman–Crippen LogP) is 3.50. The molecule has 26 heavy (non-hydrogen) atoms. The summed E-state index contributed by atoms with van der Waals surface area (Å²) in [6, 6.07) is 7.18. The van der Waals surface area contributed by atoms with E-state index in [0.29, 0.717) is 37.2 Å². The summed E-state index contributed by atoms with van der Waals surface area (Å²) in [5.74, 6) is 0.259. The van der Waals surface area contributed by atoms with Crippen molar-refractivity contribution in [3.05, 3.63) is 47.2 Å². The molecule has 0 bridgehead atoms. The average Bonchev–Trinajstić information content (AvgIpc) is 3.05. The van der Waals surface area contributed by atoms with Gasteiger partial charge in [0.15, 0.2) is 0 Å². The van der Waals surface area contributed by atoms with Gasteiger partial charge in [-0.3, -0.25) is 9.89 Å². The van der Waals surface area contributed by atoms with Crippen LogP contribution in [0.5, 0.6) is 0 Å². The highest BCUT2D eigenvalue weighted by atomic mass is 19.4. The number of piperidine rings is 1. The Kier molecular flexibility index (Phi) is 5.20. The van der Waals surface area contributed by atoms with Gasteiger partial charge in [-0.2, -0.15) is 18.3 Å². The molecule has 0 spiro atoms. The number of aryl methyl sites for hydroxylation is 1. The zero-order valence-electron chi connectivity index (χ0n) is 14.2. The van der Waals surface area contributed by atoms with Crippen LogP contribution in [0.25, 0.3) is 0 Å². The molecule has 8 heteroatoms. The molecule has 3 rings (SSSR count). The third-order valence-corrected chi connectivity index (χ3v) is 4.78. The summed E-state index contributed by atoms with van der Waals surface area (Å²) in [4.78, 5) is 14.2. The molecular weight excluding hydrogens is 345 g/mol. The number of benzene rings is 1. The van der Waals surface area contributed by atoms with Crippen LogP contribution < -0.4 is 5.73 Å². The lowest BCUT2D eigenvalue weighted by molar-refractivity contribution is -0.138. The molecule has 2 heterocycles. The normalized spacial score (nSPS) is 18.1. The highest BCUT2D eigenvalue weighted by Gasteiger charge is 2.33. The fourth-order valence-electron chi connectivity index (χ4n) is 3.48. The first-order valence-corrected chi connectivity index (χ1v) is 8.60. The third kappa shape index (κ3) is 4.17. The van der Waals surface area contributed by atoms with Crippen LogP contribution in [0.2, 0.25) is 0 Å². The van der Waals surface area contributed by atoms with Crippen molar-refractivity contribution in [3.8, 4) is 0 Å². The summed E-state index contributed by atoms with van der Waals surface area (Å²) >= 11 is 0. The molecule has 1 atom stereocenters. The first-order chi connectivity index (χ1) is 12.3. The summed E-state index contributed by atoms with van der Waals surface area (Å²) in [5.41, 5.74) is 5.61. The van der Waals surface area contributed by atoms with Crippen LogP contribution in [0.15, 0.2) is 30.3 Å². The number of anilines is 1.